The summed E-state index contributed by atoms with van der Waals surface area (Å²) >= 11 is 0. The molecule has 1 saturated heterocycles. The monoisotopic (exact) mass is 339 g/mol. The lowest BCUT2D eigenvalue weighted by Gasteiger charge is -2.15. The second-order valence-corrected chi connectivity index (χ2v) is 5.97. The Labute approximate surface area is 146 Å². The lowest BCUT2D eigenvalue weighted by Crippen LogP contribution is -2.24. The number of nitrogens with zero attached hydrogens (tertiary/aromatic N) is 2. The number of nitrogens with one attached hydrogen (secondary N) is 1. The Bertz CT molecular complexity index is 759. The molecule has 1 aliphatic heterocycles. The van der Waals surface area contributed by atoms with Crippen LogP contribution in [0.15, 0.2) is 42.6 Å². The van der Waals surface area contributed by atoms with Crippen molar-refractivity contribution in [1.29, 1.82) is 0 Å². The first-order valence-electron chi connectivity index (χ1n) is 8.30. The van der Waals surface area contributed by atoms with Crippen molar-refractivity contribution in [1.82, 2.24) is 15.2 Å². The average Bonchev–Trinajstić information content (AvgIpc) is 3.05. The molecule has 0 radical (unpaired) electrons. The van der Waals surface area contributed by atoms with E-state index in [1.54, 1.807) is 31.5 Å². The van der Waals surface area contributed by atoms with Crippen molar-refractivity contribution < 1.29 is 14.3 Å². The van der Waals surface area contributed by atoms with E-state index in [9.17, 15) is 9.59 Å². The van der Waals surface area contributed by atoms with Gasteiger partial charge in [-0.25, -0.2) is 4.98 Å². The maximum absolute atomic E-state index is 12.3. The topological polar surface area (TPSA) is 71.5 Å². The molecule has 3 rings (SSSR count). The van der Waals surface area contributed by atoms with Gasteiger partial charge in [0.15, 0.2) is 0 Å². The predicted molar refractivity (Wildman–Crippen MR) is 93.1 cm³/mol. The minimum atomic E-state index is -0.158. The number of ether oxygens (including phenoxy) is 1. The molecule has 6 heteroatoms. The molecule has 1 fully saturated rings. The van der Waals surface area contributed by atoms with Crippen LogP contribution in [0.25, 0.3) is 0 Å². The van der Waals surface area contributed by atoms with Gasteiger partial charge in [0.1, 0.15) is 0 Å². The molecule has 2 amide bonds. The standard InChI is InChI=1S/C19H21N3O3/c1-25-19-16(4-2-10-20-19)12-21-18(24)15-8-6-14(7-9-15)13-22-11-3-5-17(22)23/h2,4,6-10H,3,5,11-13H2,1H3,(H,21,24). The van der Waals surface area contributed by atoms with Crippen LogP contribution in [0.4, 0.5) is 0 Å². The summed E-state index contributed by atoms with van der Waals surface area (Å²) in [5, 5.41) is 2.87. The average molecular weight is 339 g/mol. The van der Waals surface area contributed by atoms with Crippen LogP contribution in [0, 0.1) is 0 Å². The Balaban J connectivity index is 1.58. The van der Waals surface area contributed by atoms with E-state index < -0.39 is 0 Å². The zero-order valence-corrected chi connectivity index (χ0v) is 14.2. The summed E-state index contributed by atoms with van der Waals surface area (Å²) < 4.78 is 5.18. The second-order valence-electron chi connectivity index (χ2n) is 5.97. The van der Waals surface area contributed by atoms with Crippen LogP contribution >= 0.6 is 0 Å². The number of carbonyl (C=O) groups is 2. The number of rotatable bonds is 6. The first kappa shape index (κ1) is 17.0. The summed E-state index contributed by atoms with van der Waals surface area (Å²) in [6, 6.07) is 11.0. The Morgan fingerprint density at radius 2 is 2.08 bits per heavy atom. The molecule has 0 bridgehead atoms. The van der Waals surface area contributed by atoms with E-state index in [4.69, 9.17) is 4.74 Å². The van der Waals surface area contributed by atoms with Crippen molar-refractivity contribution in [2.45, 2.75) is 25.9 Å². The Kier molecular flexibility index (Phi) is 5.28. The molecule has 0 saturated carbocycles. The smallest absolute Gasteiger partial charge is 0.251 e. The highest BCUT2D eigenvalue weighted by Crippen LogP contribution is 2.16. The van der Waals surface area contributed by atoms with Crippen molar-refractivity contribution >= 4 is 11.8 Å². The maximum Gasteiger partial charge on any atom is 0.251 e. The van der Waals surface area contributed by atoms with Crippen LogP contribution in [-0.2, 0) is 17.9 Å². The lowest BCUT2D eigenvalue weighted by molar-refractivity contribution is -0.128. The van der Waals surface area contributed by atoms with Crippen LogP contribution in [0.3, 0.4) is 0 Å². The molecule has 0 unspecified atom stereocenters. The molecule has 0 atom stereocenters. The van der Waals surface area contributed by atoms with Gasteiger partial charge in [0, 0.05) is 43.4 Å². The maximum atomic E-state index is 12.3. The molecule has 2 aromatic rings. The third-order valence-electron chi connectivity index (χ3n) is 4.24. The van der Waals surface area contributed by atoms with E-state index >= 15 is 0 Å². The van der Waals surface area contributed by atoms with E-state index in [0.29, 0.717) is 31.0 Å². The molecular weight excluding hydrogens is 318 g/mol. The highest BCUT2D eigenvalue weighted by molar-refractivity contribution is 5.94. The molecule has 25 heavy (non-hydrogen) atoms. The molecule has 6 nitrogen and oxygen atoms in total. The van der Waals surface area contributed by atoms with Crippen LogP contribution in [-0.4, -0.2) is 35.4 Å². The first-order valence-corrected chi connectivity index (χ1v) is 8.30. The van der Waals surface area contributed by atoms with Gasteiger partial charge in [-0.3, -0.25) is 9.59 Å². The molecule has 1 aliphatic rings. The zero-order chi connectivity index (χ0) is 17.6. The van der Waals surface area contributed by atoms with Gasteiger partial charge in [0.05, 0.1) is 7.11 Å². The number of aromatic nitrogens is 1. The fourth-order valence-electron chi connectivity index (χ4n) is 2.87. The van der Waals surface area contributed by atoms with Crippen LogP contribution in [0.2, 0.25) is 0 Å². The van der Waals surface area contributed by atoms with Gasteiger partial charge in [-0.05, 0) is 30.2 Å². The lowest BCUT2D eigenvalue weighted by atomic mass is 10.1. The van der Waals surface area contributed by atoms with Gasteiger partial charge in [-0.1, -0.05) is 18.2 Å². The Morgan fingerprint density at radius 1 is 1.28 bits per heavy atom. The fourth-order valence-corrected chi connectivity index (χ4v) is 2.87. The van der Waals surface area contributed by atoms with Crippen LogP contribution in [0.5, 0.6) is 5.88 Å². The van der Waals surface area contributed by atoms with Gasteiger partial charge in [-0.15, -0.1) is 0 Å². The highest BCUT2D eigenvalue weighted by Gasteiger charge is 2.20. The van der Waals surface area contributed by atoms with Crippen molar-refractivity contribution in [3.63, 3.8) is 0 Å². The van der Waals surface area contributed by atoms with Crippen molar-refractivity contribution in [3.8, 4) is 5.88 Å². The van der Waals surface area contributed by atoms with E-state index in [2.05, 4.69) is 10.3 Å². The van der Waals surface area contributed by atoms with Gasteiger partial charge < -0.3 is 15.0 Å². The SMILES string of the molecule is COc1ncccc1CNC(=O)c1ccc(CN2CCCC2=O)cc1. The van der Waals surface area contributed by atoms with Crippen molar-refractivity contribution in [2.24, 2.45) is 0 Å². The molecule has 130 valence electrons. The summed E-state index contributed by atoms with van der Waals surface area (Å²) in [5.41, 5.74) is 2.43. The Morgan fingerprint density at radius 3 is 2.76 bits per heavy atom. The third kappa shape index (κ3) is 4.15. The van der Waals surface area contributed by atoms with Gasteiger partial charge >= 0.3 is 0 Å². The number of methoxy groups -OCH3 is 1. The minimum Gasteiger partial charge on any atom is -0.481 e. The molecule has 2 heterocycles. The van der Waals surface area contributed by atoms with Crippen LogP contribution < -0.4 is 10.1 Å². The van der Waals surface area contributed by atoms with E-state index in [0.717, 1.165) is 24.1 Å². The number of hydrogen-bond donors (Lipinski definition) is 1. The second kappa shape index (κ2) is 7.79. The summed E-state index contributed by atoms with van der Waals surface area (Å²) in [7, 11) is 1.55. The van der Waals surface area contributed by atoms with Gasteiger partial charge in [-0.2, -0.15) is 0 Å². The summed E-state index contributed by atoms with van der Waals surface area (Å²) in [6.45, 7) is 1.77. The van der Waals surface area contributed by atoms with Gasteiger partial charge in [0.2, 0.25) is 11.8 Å². The van der Waals surface area contributed by atoms with E-state index in [1.807, 2.05) is 23.1 Å². The normalized spacial score (nSPS) is 13.8. The van der Waals surface area contributed by atoms with E-state index in [1.165, 1.54) is 0 Å². The summed E-state index contributed by atoms with van der Waals surface area (Å²) in [6.07, 6.45) is 3.21. The molecular formula is C19H21N3O3. The number of benzene rings is 1. The van der Waals surface area contributed by atoms with Crippen molar-refractivity contribution in [2.75, 3.05) is 13.7 Å². The molecule has 1 aromatic carbocycles. The number of amides is 2. The summed E-state index contributed by atoms with van der Waals surface area (Å²) in [4.78, 5) is 29.9. The molecule has 0 aliphatic carbocycles. The van der Waals surface area contributed by atoms with E-state index in [-0.39, 0.29) is 11.8 Å². The number of pyridine rings is 1. The zero-order valence-electron chi connectivity index (χ0n) is 14.2. The number of carbonyl (C=O) groups excluding carboxylic acids is 2. The largest absolute Gasteiger partial charge is 0.481 e. The number of hydrogen-bond acceptors (Lipinski definition) is 4. The molecule has 1 N–H and O–H groups in total. The predicted octanol–water partition coefficient (Wildman–Crippen LogP) is 2.14. The minimum absolute atomic E-state index is 0.158. The Hall–Kier alpha value is -2.89. The molecule has 0 spiro atoms. The number of likely N-dealkylation sites (tertiary alicyclic amines) is 1. The van der Waals surface area contributed by atoms with Crippen molar-refractivity contribution in [3.05, 3.63) is 59.3 Å². The molecule has 1 aromatic heterocycles. The summed E-state index contributed by atoms with van der Waals surface area (Å²) in [5.74, 6) is 0.551. The quantitative estimate of drug-likeness (QED) is 0.875. The first-order chi connectivity index (χ1) is 12.2. The van der Waals surface area contributed by atoms with Gasteiger partial charge in [0.25, 0.3) is 5.91 Å². The van der Waals surface area contributed by atoms with Crippen LogP contribution in [0.1, 0.15) is 34.3 Å². The highest BCUT2D eigenvalue weighted by atomic mass is 16.5. The third-order valence-corrected chi connectivity index (χ3v) is 4.24. The fraction of sp³-hybridized carbons (Fsp3) is 0.316.